The van der Waals surface area contributed by atoms with Crippen LogP contribution in [-0.2, 0) is 4.74 Å². The summed E-state index contributed by atoms with van der Waals surface area (Å²) < 4.78 is 5.38. The Morgan fingerprint density at radius 3 is 2.29 bits per heavy atom. The molecule has 0 amide bonds. The summed E-state index contributed by atoms with van der Waals surface area (Å²) in [5, 5.41) is 7.07. The van der Waals surface area contributed by atoms with E-state index in [1.54, 1.807) is 0 Å². The van der Waals surface area contributed by atoms with E-state index in [2.05, 4.69) is 10.6 Å². The highest BCUT2D eigenvalue weighted by molar-refractivity contribution is 5.85. The van der Waals surface area contributed by atoms with Crippen molar-refractivity contribution in [2.75, 3.05) is 32.8 Å². The number of ether oxygens (including phenoxy) is 1. The van der Waals surface area contributed by atoms with Gasteiger partial charge < -0.3 is 15.4 Å². The Hall–Kier alpha value is 0.460. The standard InChI is InChI=1S/C9H18N2O.2ClH/c1-4-10-5-6-11-9(1)2-7-12-8-3-9;;/h10-11H,1-8H2;2*1H. The third-order valence-corrected chi connectivity index (χ3v) is 3.03. The molecular formula is C9H20Cl2N2O. The van der Waals surface area contributed by atoms with Gasteiger partial charge in [-0.2, -0.15) is 0 Å². The third kappa shape index (κ3) is 3.55. The third-order valence-electron chi connectivity index (χ3n) is 3.03. The second kappa shape index (κ2) is 6.85. The normalized spacial score (nSPS) is 25.7. The van der Waals surface area contributed by atoms with Crippen molar-refractivity contribution in [3.05, 3.63) is 0 Å². The van der Waals surface area contributed by atoms with E-state index in [0.29, 0.717) is 5.54 Å². The van der Waals surface area contributed by atoms with E-state index in [1.807, 2.05) is 0 Å². The largest absolute Gasteiger partial charge is 0.381 e. The Kier molecular flexibility index (Phi) is 7.08. The number of hydrogen-bond acceptors (Lipinski definition) is 3. The molecule has 2 rings (SSSR count). The van der Waals surface area contributed by atoms with Crippen LogP contribution in [0.25, 0.3) is 0 Å². The lowest BCUT2D eigenvalue weighted by Gasteiger charge is -2.37. The zero-order valence-electron chi connectivity index (χ0n) is 8.38. The number of hydrogen-bond donors (Lipinski definition) is 2. The molecule has 3 nitrogen and oxygen atoms in total. The van der Waals surface area contributed by atoms with Gasteiger partial charge in [0, 0.05) is 31.8 Å². The van der Waals surface area contributed by atoms with E-state index in [1.165, 1.54) is 19.3 Å². The summed E-state index contributed by atoms with van der Waals surface area (Å²) in [6, 6.07) is 0. The van der Waals surface area contributed by atoms with Crippen LogP contribution in [0.5, 0.6) is 0 Å². The molecule has 0 aliphatic carbocycles. The van der Waals surface area contributed by atoms with Gasteiger partial charge in [0.2, 0.25) is 0 Å². The summed E-state index contributed by atoms with van der Waals surface area (Å²) >= 11 is 0. The molecule has 5 heteroatoms. The van der Waals surface area contributed by atoms with Crippen LogP contribution in [0.1, 0.15) is 19.3 Å². The first-order valence-electron chi connectivity index (χ1n) is 4.95. The maximum atomic E-state index is 5.38. The van der Waals surface area contributed by atoms with Crippen molar-refractivity contribution in [2.45, 2.75) is 24.8 Å². The number of rotatable bonds is 0. The highest BCUT2D eigenvalue weighted by Gasteiger charge is 2.32. The van der Waals surface area contributed by atoms with E-state index in [9.17, 15) is 0 Å². The van der Waals surface area contributed by atoms with E-state index < -0.39 is 0 Å². The molecule has 0 radical (unpaired) electrons. The molecule has 2 aliphatic heterocycles. The first-order chi connectivity index (χ1) is 5.91. The van der Waals surface area contributed by atoms with Crippen LogP contribution in [0.4, 0.5) is 0 Å². The van der Waals surface area contributed by atoms with Gasteiger partial charge in [-0.05, 0) is 25.8 Å². The molecule has 0 bridgehead atoms. The van der Waals surface area contributed by atoms with Crippen LogP contribution in [0.3, 0.4) is 0 Å². The molecule has 0 atom stereocenters. The fraction of sp³-hybridized carbons (Fsp3) is 1.00. The minimum Gasteiger partial charge on any atom is -0.381 e. The van der Waals surface area contributed by atoms with Crippen molar-refractivity contribution in [3.8, 4) is 0 Å². The Balaban J connectivity index is 0.000000845. The maximum Gasteiger partial charge on any atom is 0.0483 e. The van der Waals surface area contributed by atoms with Gasteiger partial charge in [-0.3, -0.25) is 0 Å². The van der Waals surface area contributed by atoms with Crippen LogP contribution >= 0.6 is 24.8 Å². The van der Waals surface area contributed by atoms with Crippen LogP contribution in [0, 0.1) is 0 Å². The van der Waals surface area contributed by atoms with Crippen molar-refractivity contribution in [2.24, 2.45) is 0 Å². The van der Waals surface area contributed by atoms with E-state index >= 15 is 0 Å². The van der Waals surface area contributed by atoms with E-state index in [-0.39, 0.29) is 24.8 Å². The zero-order valence-corrected chi connectivity index (χ0v) is 10.0. The zero-order chi connectivity index (χ0) is 8.28. The topological polar surface area (TPSA) is 33.3 Å². The fourth-order valence-electron chi connectivity index (χ4n) is 2.15. The van der Waals surface area contributed by atoms with Crippen molar-refractivity contribution < 1.29 is 4.74 Å². The summed E-state index contributed by atoms with van der Waals surface area (Å²) in [7, 11) is 0. The second-order valence-corrected chi connectivity index (χ2v) is 3.82. The first-order valence-corrected chi connectivity index (χ1v) is 4.95. The molecule has 2 fully saturated rings. The van der Waals surface area contributed by atoms with Gasteiger partial charge in [-0.25, -0.2) is 0 Å². The Labute approximate surface area is 98.2 Å². The molecule has 0 aromatic rings. The van der Waals surface area contributed by atoms with E-state index in [0.717, 1.165) is 32.8 Å². The molecule has 2 heterocycles. The Morgan fingerprint density at radius 2 is 1.57 bits per heavy atom. The first kappa shape index (κ1) is 14.5. The average molecular weight is 243 g/mol. The highest BCUT2D eigenvalue weighted by Crippen LogP contribution is 2.24. The molecule has 14 heavy (non-hydrogen) atoms. The van der Waals surface area contributed by atoms with Crippen molar-refractivity contribution in [1.29, 1.82) is 0 Å². The lowest BCUT2D eigenvalue weighted by molar-refractivity contribution is 0.0379. The highest BCUT2D eigenvalue weighted by atomic mass is 35.5. The summed E-state index contributed by atoms with van der Waals surface area (Å²) in [4.78, 5) is 0. The summed E-state index contributed by atoms with van der Waals surface area (Å²) in [6.45, 7) is 5.26. The minimum atomic E-state index is 0. The molecule has 86 valence electrons. The van der Waals surface area contributed by atoms with E-state index in [4.69, 9.17) is 4.74 Å². The predicted octanol–water partition coefficient (Wildman–Crippen LogP) is 0.962. The Morgan fingerprint density at radius 1 is 0.857 bits per heavy atom. The predicted molar refractivity (Wildman–Crippen MR) is 62.8 cm³/mol. The fourth-order valence-corrected chi connectivity index (χ4v) is 2.15. The number of nitrogens with one attached hydrogen (secondary N) is 2. The monoisotopic (exact) mass is 242 g/mol. The Bertz CT molecular complexity index is 142. The lowest BCUT2D eigenvalue weighted by atomic mass is 9.87. The molecule has 2 N–H and O–H groups in total. The molecule has 0 unspecified atom stereocenters. The summed E-state index contributed by atoms with van der Waals surface area (Å²) in [5.41, 5.74) is 0.405. The van der Waals surface area contributed by atoms with Gasteiger partial charge in [0.15, 0.2) is 0 Å². The molecular weight excluding hydrogens is 223 g/mol. The van der Waals surface area contributed by atoms with Gasteiger partial charge in [-0.15, -0.1) is 24.8 Å². The van der Waals surface area contributed by atoms with Gasteiger partial charge in [-0.1, -0.05) is 0 Å². The second-order valence-electron chi connectivity index (χ2n) is 3.82. The molecule has 0 aromatic heterocycles. The molecule has 2 aliphatic rings. The minimum absolute atomic E-state index is 0. The summed E-state index contributed by atoms with van der Waals surface area (Å²) in [5.74, 6) is 0. The SMILES string of the molecule is C1CNC2(CCN1)CCOCC2.Cl.Cl. The van der Waals surface area contributed by atoms with Crippen LogP contribution in [-0.4, -0.2) is 38.4 Å². The smallest absolute Gasteiger partial charge is 0.0483 e. The van der Waals surface area contributed by atoms with Crippen LogP contribution < -0.4 is 10.6 Å². The van der Waals surface area contributed by atoms with Gasteiger partial charge in [0.1, 0.15) is 0 Å². The van der Waals surface area contributed by atoms with Crippen molar-refractivity contribution in [1.82, 2.24) is 10.6 Å². The van der Waals surface area contributed by atoms with Gasteiger partial charge in [0.05, 0.1) is 0 Å². The molecule has 0 saturated carbocycles. The lowest BCUT2D eigenvalue weighted by Crippen LogP contribution is -2.49. The molecule has 0 aromatic carbocycles. The van der Waals surface area contributed by atoms with Crippen molar-refractivity contribution in [3.63, 3.8) is 0 Å². The molecule has 2 saturated heterocycles. The average Bonchev–Trinajstić information content (AvgIpc) is 2.33. The summed E-state index contributed by atoms with van der Waals surface area (Å²) in [6.07, 6.45) is 3.64. The number of halogens is 2. The van der Waals surface area contributed by atoms with Crippen LogP contribution in [0.2, 0.25) is 0 Å². The van der Waals surface area contributed by atoms with Crippen molar-refractivity contribution >= 4 is 24.8 Å². The van der Waals surface area contributed by atoms with Crippen LogP contribution in [0.15, 0.2) is 0 Å². The van der Waals surface area contributed by atoms with Gasteiger partial charge >= 0.3 is 0 Å². The molecule has 1 spiro atoms. The van der Waals surface area contributed by atoms with Gasteiger partial charge in [0.25, 0.3) is 0 Å². The maximum absolute atomic E-state index is 5.38. The quantitative estimate of drug-likeness (QED) is 0.665.